The number of aliphatic carboxylic acids is 1. The first-order valence-corrected chi connectivity index (χ1v) is 14.6. The second kappa shape index (κ2) is 11.8. The Morgan fingerprint density at radius 3 is 2.19 bits per heavy atom. The molecule has 11 heteroatoms. The van der Waals surface area contributed by atoms with Gasteiger partial charge in [0.1, 0.15) is 5.76 Å². The molecule has 5 aromatic rings. The molecule has 7 nitrogen and oxygen atoms in total. The van der Waals surface area contributed by atoms with E-state index in [1.807, 2.05) is 18.2 Å². The summed E-state index contributed by atoms with van der Waals surface area (Å²) in [5.74, 6) is -4.08. The van der Waals surface area contributed by atoms with Crippen molar-refractivity contribution in [2.24, 2.45) is 0 Å². The van der Waals surface area contributed by atoms with Gasteiger partial charge < -0.3 is 14.4 Å². The predicted octanol–water partition coefficient (Wildman–Crippen LogP) is 6.82. The second-order valence-corrected chi connectivity index (χ2v) is 11.8. The molecule has 5 rings (SSSR count). The van der Waals surface area contributed by atoms with Crippen LogP contribution >= 0.6 is 0 Å². The highest BCUT2D eigenvalue weighted by Gasteiger charge is 2.35. The largest absolute Gasteiger partial charge is 0.480 e. The molecule has 0 saturated heterocycles. The van der Waals surface area contributed by atoms with E-state index in [0.717, 1.165) is 11.5 Å². The molecule has 0 spiro atoms. The zero-order valence-electron chi connectivity index (χ0n) is 22.4. The van der Waals surface area contributed by atoms with Crippen LogP contribution in [0.25, 0.3) is 21.9 Å². The third-order valence-corrected chi connectivity index (χ3v) is 8.36. The highest BCUT2D eigenvalue weighted by Crippen LogP contribution is 2.32. The zero-order chi connectivity index (χ0) is 30.8. The highest BCUT2D eigenvalue weighted by atomic mass is 32.2. The molecule has 1 N–H and O–H groups in total. The number of halogens is 3. The number of alkyl halides is 3. The molecule has 220 valence electrons. The monoisotopic (exact) mass is 607 g/mol. The van der Waals surface area contributed by atoms with E-state index < -0.39 is 39.4 Å². The lowest BCUT2D eigenvalue weighted by Crippen LogP contribution is -2.30. The Kier molecular flexibility index (Phi) is 8.10. The number of hydrogen-bond acceptors (Lipinski definition) is 5. The molecule has 1 aromatic heterocycles. The normalized spacial score (nSPS) is 11.9. The average Bonchev–Trinajstić information content (AvgIpc) is 3.45. The van der Waals surface area contributed by atoms with E-state index >= 15 is 0 Å². The van der Waals surface area contributed by atoms with Gasteiger partial charge in [-0.1, -0.05) is 72.8 Å². The fraction of sp³-hybridized carbons (Fsp3) is 0.125. The van der Waals surface area contributed by atoms with Gasteiger partial charge in [-0.2, -0.15) is 13.2 Å². The number of fused-ring (bicyclic) bond motifs is 1. The molecular formula is C32H24F3NO6S. The van der Waals surface area contributed by atoms with Gasteiger partial charge in [0.05, 0.1) is 11.4 Å². The van der Waals surface area contributed by atoms with Crippen molar-refractivity contribution >= 4 is 32.5 Å². The van der Waals surface area contributed by atoms with Crippen LogP contribution in [-0.4, -0.2) is 36.1 Å². The molecule has 1 heterocycles. The summed E-state index contributed by atoms with van der Waals surface area (Å²) in [7, 11) is -4.03. The van der Waals surface area contributed by atoms with Gasteiger partial charge in [0.2, 0.25) is 5.76 Å². The van der Waals surface area contributed by atoms with Crippen LogP contribution in [-0.2, 0) is 33.9 Å². The van der Waals surface area contributed by atoms with Crippen molar-refractivity contribution in [2.45, 2.75) is 24.2 Å². The number of hydrogen-bond donors (Lipinski definition) is 1. The summed E-state index contributed by atoms with van der Waals surface area (Å²) in [5, 5.41) is 10.5. The molecule has 0 aliphatic carbocycles. The molecule has 0 bridgehead atoms. The third kappa shape index (κ3) is 6.78. The average molecular weight is 608 g/mol. The molecular weight excluding hydrogens is 583 g/mol. The van der Waals surface area contributed by atoms with E-state index in [2.05, 4.69) is 0 Å². The van der Waals surface area contributed by atoms with Crippen LogP contribution in [0.2, 0.25) is 0 Å². The smallest absolute Gasteiger partial charge is 0.449 e. The Morgan fingerprint density at radius 2 is 1.49 bits per heavy atom. The summed E-state index contributed by atoms with van der Waals surface area (Å²) >= 11 is 0. The van der Waals surface area contributed by atoms with Gasteiger partial charge in [0.15, 0.2) is 15.6 Å². The Morgan fingerprint density at radius 1 is 0.791 bits per heavy atom. The number of carbonyl (C=O) groups excluding carboxylic acids is 1. The van der Waals surface area contributed by atoms with Crippen molar-refractivity contribution in [3.8, 4) is 11.1 Å². The van der Waals surface area contributed by atoms with Crippen LogP contribution in [0.15, 0.2) is 112 Å². The summed E-state index contributed by atoms with van der Waals surface area (Å²) in [4.78, 5) is 26.1. The van der Waals surface area contributed by atoms with Crippen LogP contribution in [0.1, 0.15) is 27.4 Å². The van der Waals surface area contributed by atoms with Gasteiger partial charge in [-0.05, 0) is 57.8 Å². The maximum absolute atomic E-state index is 13.8. The van der Waals surface area contributed by atoms with Gasteiger partial charge in [0, 0.05) is 12.1 Å². The number of rotatable bonds is 9. The van der Waals surface area contributed by atoms with Gasteiger partial charge in [0.25, 0.3) is 5.91 Å². The highest BCUT2D eigenvalue weighted by molar-refractivity contribution is 7.92. The molecule has 0 fully saturated rings. The summed E-state index contributed by atoms with van der Waals surface area (Å²) in [6.45, 7) is -0.180. The van der Waals surface area contributed by atoms with E-state index in [4.69, 9.17) is 9.52 Å². The standard InChI is InChI=1S/C32H24F3NO6S/c33-32(34,35)29-16-15-25(42-29)19-36(31(39)28-10-4-6-23-5-1-2-9-27(23)28)18-21-11-13-22(14-12-21)24-7-3-8-26(17-24)43(40,41)20-30(37)38/h1-17H,18-20H2,(H,37,38). The Bertz CT molecular complexity index is 1910. The lowest BCUT2D eigenvalue weighted by Gasteiger charge is -2.23. The lowest BCUT2D eigenvalue weighted by molar-refractivity contribution is -0.153. The van der Waals surface area contributed by atoms with E-state index in [9.17, 15) is 31.2 Å². The fourth-order valence-electron chi connectivity index (χ4n) is 4.72. The minimum absolute atomic E-state index is 0.0306. The first kappa shape index (κ1) is 29.6. The number of sulfone groups is 1. The zero-order valence-corrected chi connectivity index (χ0v) is 23.2. The summed E-state index contributed by atoms with van der Waals surface area (Å²) < 4.78 is 69.3. The number of nitrogens with zero attached hydrogens (tertiary/aromatic N) is 1. The van der Waals surface area contributed by atoms with E-state index in [1.165, 1.54) is 29.2 Å². The van der Waals surface area contributed by atoms with Crippen LogP contribution in [0.3, 0.4) is 0 Å². The Labute approximate surface area is 244 Å². The molecule has 1 amide bonds. The van der Waals surface area contributed by atoms with Crippen LogP contribution in [0, 0.1) is 0 Å². The van der Waals surface area contributed by atoms with E-state index in [-0.39, 0.29) is 23.7 Å². The molecule has 0 atom stereocenters. The first-order valence-electron chi connectivity index (χ1n) is 13.0. The summed E-state index contributed by atoms with van der Waals surface area (Å²) in [6, 6.07) is 27.4. The van der Waals surface area contributed by atoms with Gasteiger partial charge >= 0.3 is 12.1 Å². The number of amides is 1. The van der Waals surface area contributed by atoms with Crippen molar-refractivity contribution in [3.63, 3.8) is 0 Å². The van der Waals surface area contributed by atoms with Crippen LogP contribution in [0.4, 0.5) is 13.2 Å². The van der Waals surface area contributed by atoms with Crippen molar-refractivity contribution in [2.75, 3.05) is 5.75 Å². The Hall–Kier alpha value is -4.90. The third-order valence-electron chi connectivity index (χ3n) is 6.76. The molecule has 0 radical (unpaired) electrons. The lowest BCUT2D eigenvalue weighted by atomic mass is 10.0. The maximum Gasteiger partial charge on any atom is 0.449 e. The van der Waals surface area contributed by atoms with E-state index in [1.54, 1.807) is 54.6 Å². The first-order chi connectivity index (χ1) is 20.4. The minimum Gasteiger partial charge on any atom is -0.480 e. The van der Waals surface area contributed by atoms with Crippen LogP contribution < -0.4 is 0 Å². The number of furan rings is 1. The van der Waals surface area contributed by atoms with Gasteiger partial charge in [-0.3, -0.25) is 9.59 Å². The minimum atomic E-state index is -4.66. The van der Waals surface area contributed by atoms with Crippen molar-refractivity contribution in [3.05, 3.63) is 126 Å². The molecule has 43 heavy (non-hydrogen) atoms. The second-order valence-electron chi connectivity index (χ2n) is 9.83. The molecule has 0 aliphatic heterocycles. The predicted molar refractivity (Wildman–Crippen MR) is 153 cm³/mol. The number of carboxylic acids is 1. The maximum atomic E-state index is 13.8. The number of benzene rings is 4. The molecule has 0 unspecified atom stereocenters. The van der Waals surface area contributed by atoms with Gasteiger partial charge in [-0.25, -0.2) is 8.42 Å². The topological polar surface area (TPSA) is 105 Å². The quantitative estimate of drug-likeness (QED) is 0.197. The molecule has 0 saturated carbocycles. The summed E-state index contributed by atoms with van der Waals surface area (Å²) in [5.41, 5.74) is 2.23. The van der Waals surface area contributed by atoms with Crippen molar-refractivity contribution in [1.82, 2.24) is 4.90 Å². The Balaban J connectivity index is 1.44. The molecule has 0 aliphatic rings. The summed E-state index contributed by atoms with van der Waals surface area (Å²) in [6.07, 6.45) is -4.66. The fourth-order valence-corrected chi connectivity index (χ4v) is 5.81. The molecule has 4 aromatic carbocycles. The SMILES string of the molecule is O=C(O)CS(=O)(=O)c1cccc(-c2ccc(CN(Cc3ccc(C(F)(F)F)o3)C(=O)c3cccc4ccccc34)cc2)c1. The van der Waals surface area contributed by atoms with Crippen LogP contribution in [0.5, 0.6) is 0 Å². The number of carbonyl (C=O) groups is 2. The van der Waals surface area contributed by atoms with Crippen molar-refractivity contribution < 1.29 is 40.7 Å². The number of carboxylic acid groups (broad SMARTS) is 1. The van der Waals surface area contributed by atoms with E-state index in [0.29, 0.717) is 27.6 Å². The van der Waals surface area contributed by atoms with Gasteiger partial charge in [-0.15, -0.1) is 0 Å². The van der Waals surface area contributed by atoms with Crippen molar-refractivity contribution in [1.29, 1.82) is 0 Å².